The lowest BCUT2D eigenvalue weighted by Gasteiger charge is -2.16. The summed E-state index contributed by atoms with van der Waals surface area (Å²) in [5.41, 5.74) is 4.89. The van der Waals surface area contributed by atoms with Crippen LogP contribution in [0, 0.1) is 6.92 Å². The maximum absolute atomic E-state index is 6.53. The predicted molar refractivity (Wildman–Crippen MR) is 113 cm³/mol. The molecule has 1 unspecified atom stereocenters. The highest BCUT2D eigenvalue weighted by atomic mass is 35.5. The Balaban J connectivity index is 0.00000168. The van der Waals surface area contributed by atoms with Gasteiger partial charge in [-0.25, -0.2) is 0 Å². The van der Waals surface area contributed by atoms with Crippen molar-refractivity contribution < 1.29 is 0 Å². The smallest absolute Gasteiger partial charge is 0.0831 e. The number of nitrogens with one attached hydrogen (secondary N) is 1. The molecule has 0 bridgehead atoms. The van der Waals surface area contributed by atoms with Gasteiger partial charge in [0, 0.05) is 38.6 Å². The minimum absolute atomic E-state index is 0. The number of nitrogens with zero attached hydrogens (tertiary/aromatic N) is 1. The molecule has 2 aromatic heterocycles. The zero-order chi connectivity index (χ0) is 17.0. The third-order valence-electron chi connectivity index (χ3n) is 4.96. The second-order valence-corrected chi connectivity index (χ2v) is 8.02. The van der Waals surface area contributed by atoms with Crippen LogP contribution in [0.15, 0.2) is 60.8 Å². The quantitative estimate of drug-likeness (QED) is 0.398. The molecule has 1 aliphatic heterocycles. The highest BCUT2D eigenvalue weighted by molar-refractivity contribution is 7.19. The first-order chi connectivity index (χ1) is 12.2. The van der Waals surface area contributed by atoms with Crippen LogP contribution in [0.25, 0.3) is 15.8 Å². The van der Waals surface area contributed by atoms with Crippen LogP contribution in [-0.2, 0) is 6.54 Å². The minimum Gasteiger partial charge on any atom is -0.318 e. The van der Waals surface area contributed by atoms with Crippen molar-refractivity contribution in [1.82, 2.24) is 9.88 Å². The monoisotopic (exact) mass is 400 g/mol. The Morgan fingerprint density at radius 1 is 1.12 bits per heavy atom. The predicted octanol–water partition coefficient (Wildman–Crippen LogP) is 6.27. The SMILES string of the molecule is Cc1ccc(Cl)c2c1-n1cccc1C(c1cc3ccccc3s1)NC2.Cl. The second-order valence-electron chi connectivity index (χ2n) is 6.50. The van der Waals surface area contributed by atoms with Gasteiger partial charge in [-0.1, -0.05) is 35.9 Å². The summed E-state index contributed by atoms with van der Waals surface area (Å²) < 4.78 is 3.62. The number of rotatable bonds is 1. The van der Waals surface area contributed by atoms with E-state index in [0.29, 0.717) is 0 Å². The normalized spacial score (nSPS) is 15.8. The molecule has 5 heteroatoms. The van der Waals surface area contributed by atoms with Crippen LogP contribution < -0.4 is 5.32 Å². The number of hydrogen-bond donors (Lipinski definition) is 1. The Morgan fingerprint density at radius 2 is 1.96 bits per heavy atom. The van der Waals surface area contributed by atoms with Gasteiger partial charge in [-0.3, -0.25) is 0 Å². The van der Waals surface area contributed by atoms with E-state index in [0.717, 1.165) is 11.6 Å². The first-order valence-corrected chi connectivity index (χ1v) is 9.59. The highest BCUT2D eigenvalue weighted by Gasteiger charge is 2.26. The lowest BCUT2D eigenvalue weighted by molar-refractivity contribution is 0.609. The molecule has 0 saturated heterocycles. The van der Waals surface area contributed by atoms with Gasteiger partial charge in [0.05, 0.1) is 11.7 Å². The second kappa shape index (κ2) is 6.75. The number of halogens is 2. The van der Waals surface area contributed by atoms with Gasteiger partial charge in [-0.05, 0) is 48.2 Å². The van der Waals surface area contributed by atoms with Crippen LogP contribution in [0.2, 0.25) is 5.02 Å². The summed E-state index contributed by atoms with van der Waals surface area (Å²) in [5.74, 6) is 0. The number of thiophene rings is 1. The lowest BCUT2D eigenvalue weighted by Crippen LogP contribution is -2.20. The zero-order valence-electron chi connectivity index (χ0n) is 14.2. The van der Waals surface area contributed by atoms with Gasteiger partial charge < -0.3 is 9.88 Å². The molecular weight excluding hydrogens is 383 g/mol. The summed E-state index contributed by atoms with van der Waals surface area (Å²) in [7, 11) is 0. The van der Waals surface area contributed by atoms with Gasteiger partial charge >= 0.3 is 0 Å². The van der Waals surface area contributed by atoms with Crippen LogP contribution in [0.1, 0.15) is 27.7 Å². The maximum Gasteiger partial charge on any atom is 0.0831 e. The van der Waals surface area contributed by atoms with Gasteiger partial charge in [0.2, 0.25) is 0 Å². The zero-order valence-corrected chi connectivity index (χ0v) is 16.6. The fraction of sp³-hybridized carbons (Fsp3) is 0.143. The highest BCUT2D eigenvalue weighted by Crippen LogP contribution is 2.38. The summed E-state index contributed by atoms with van der Waals surface area (Å²) >= 11 is 8.39. The van der Waals surface area contributed by atoms with Crippen LogP contribution in [0.5, 0.6) is 0 Å². The van der Waals surface area contributed by atoms with E-state index in [9.17, 15) is 0 Å². The minimum atomic E-state index is 0. The van der Waals surface area contributed by atoms with Crippen molar-refractivity contribution in [2.45, 2.75) is 19.5 Å². The standard InChI is InChI=1S/C21H17ClN2S.ClH/c1-13-8-9-16(22)15-12-23-20(17-6-4-10-24(17)21(13)15)19-11-14-5-2-3-7-18(14)25-19;/h2-11,20,23H,12H2,1H3;1H. The number of aromatic nitrogens is 1. The van der Waals surface area contributed by atoms with E-state index in [1.54, 1.807) is 0 Å². The fourth-order valence-corrected chi connectivity index (χ4v) is 5.14. The average Bonchev–Trinajstić information content (AvgIpc) is 3.22. The summed E-state index contributed by atoms with van der Waals surface area (Å²) in [4.78, 5) is 1.34. The van der Waals surface area contributed by atoms with Crippen LogP contribution in [-0.4, -0.2) is 4.57 Å². The molecule has 5 rings (SSSR count). The molecule has 0 fully saturated rings. The summed E-state index contributed by atoms with van der Waals surface area (Å²) in [6.07, 6.45) is 2.14. The fourth-order valence-electron chi connectivity index (χ4n) is 3.77. The number of aryl methyl sites for hydroxylation is 1. The molecule has 0 aliphatic carbocycles. The van der Waals surface area contributed by atoms with E-state index in [4.69, 9.17) is 11.6 Å². The molecule has 2 aromatic carbocycles. The first-order valence-electron chi connectivity index (χ1n) is 8.40. The lowest BCUT2D eigenvalue weighted by atomic mass is 10.1. The van der Waals surface area contributed by atoms with Crippen molar-refractivity contribution in [3.63, 3.8) is 0 Å². The summed E-state index contributed by atoms with van der Waals surface area (Å²) in [6.45, 7) is 2.91. The van der Waals surface area contributed by atoms with Gasteiger partial charge in [-0.2, -0.15) is 0 Å². The number of hydrogen-bond acceptors (Lipinski definition) is 2. The van der Waals surface area contributed by atoms with Gasteiger partial charge in [-0.15, -0.1) is 23.7 Å². The van der Waals surface area contributed by atoms with Crippen molar-refractivity contribution in [3.05, 3.63) is 87.5 Å². The Hall–Kier alpha value is -1.78. The van der Waals surface area contributed by atoms with E-state index in [-0.39, 0.29) is 18.4 Å². The Morgan fingerprint density at radius 3 is 2.81 bits per heavy atom. The summed E-state index contributed by atoms with van der Waals surface area (Å²) in [5, 5.41) is 5.86. The van der Waals surface area contributed by atoms with Gasteiger partial charge in [0.25, 0.3) is 0 Å². The van der Waals surface area contributed by atoms with E-state index in [1.165, 1.54) is 37.5 Å². The maximum atomic E-state index is 6.53. The molecule has 1 aliphatic rings. The summed E-state index contributed by atoms with van der Waals surface area (Å²) in [6, 6.07) is 19.5. The molecule has 132 valence electrons. The molecule has 1 N–H and O–H groups in total. The van der Waals surface area contributed by atoms with Crippen molar-refractivity contribution >= 4 is 45.4 Å². The van der Waals surface area contributed by atoms with E-state index in [1.807, 2.05) is 17.4 Å². The van der Waals surface area contributed by atoms with Crippen molar-refractivity contribution in [2.75, 3.05) is 0 Å². The Bertz CT molecular complexity index is 1060. The molecule has 0 radical (unpaired) electrons. The largest absolute Gasteiger partial charge is 0.318 e. The Labute approximate surface area is 167 Å². The van der Waals surface area contributed by atoms with E-state index >= 15 is 0 Å². The Kier molecular flexibility index (Phi) is 4.57. The third-order valence-corrected chi connectivity index (χ3v) is 6.49. The average molecular weight is 401 g/mol. The van der Waals surface area contributed by atoms with Crippen molar-refractivity contribution in [3.8, 4) is 5.69 Å². The van der Waals surface area contributed by atoms with E-state index < -0.39 is 0 Å². The van der Waals surface area contributed by atoms with Crippen LogP contribution in [0.3, 0.4) is 0 Å². The van der Waals surface area contributed by atoms with Crippen LogP contribution >= 0.6 is 35.3 Å². The molecule has 0 saturated carbocycles. The number of fused-ring (bicyclic) bond motifs is 4. The third kappa shape index (κ3) is 2.67. The molecule has 0 amide bonds. The molecule has 0 spiro atoms. The first kappa shape index (κ1) is 17.6. The molecule has 26 heavy (non-hydrogen) atoms. The van der Waals surface area contributed by atoms with Crippen LogP contribution in [0.4, 0.5) is 0 Å². The molecule has 1 atom stereocenters. The van der Waals surface area contributed by atoms with Crippen molar-refractivity contribution in [1.29, 1.82) is 0 Å². The molecule has 2 nitrogen and oxygen atoms in total. The number of benzene rings is 2. The van der Waals surface area contributed by atoms with Crippen molar-refractivity contribution in [2.24, 2.45) is 0 Å². The van der Waals surface area contributed by atoms with Gasteiger partial charge in [0.1, 0.15) is 0 Å². The molecule has 4 aromatic rings. The topological polar surface area (TPSA) is 17.0 Å². The molecular formula is C21H18Cl2N2S. The van der Waals surface area contributed by atoms with Gasteiger partial charge in [0.15, 0.2) is 0 Å². The molecule has 3 heterocycles. The van der Waals surface area contributed by atoms with E-state index in [2.05, 4.69) is 71.5 Å².